The van der Waals surface area contributed by atoms with Crippen molar-refractivity contribution in [2.75, 3.05) is 33.2 Å². The van der Waals surface area contributed by atoms with E-state index in [1.54, 1.807) is 11.3 Å². The lowest BCUT2D eigenvalue weighted by Gasteiger charge is -2.40. The van der Waals surface area contributed by atoms with Gasteiger partial charge in [-0.25, -0.2) is 0 Å². The summed E-state index contributed by atoms with van der Waals surface area (Å²) in [5, 5.41) is 7.26. The van der Waals surface area contributed by atoms with Crippen LogP contribution in [-0.2, 0) is 0 Å². The van der Waals surface area contributed by atoms with Crippen LogP contribution in [-0.4, -0.2) is 55.0 Å². The zero-order valence-electron chi connectivity index (χ0n) is 13.6. The third-order valence-corrected chi connectivity index (χ3v) is 6.15. The number of thiophene rings is 2. The number of carbonyl (C=O) groups is 1. The van der Waals surface area contributed by atoms with Crippen LogP contribution in [0.2, 0.25) is 0 Å². The van der Waals surface area contributed by atoms with Crippen molar-refractivity contribution >= 4 is 28.6 Å². The number of piperazine rings is 1. The number of amides is 1. The van der Waals surface area contributed by atoms with Crippen LogP contribution in [0.25, 0.3) is 0 Å². The first-order valence-electron chi connectivity index (χ1n) is 7.95. The molecule has 0 saturated carbocycles. The van der Waals surface area contributed by atoms with E-state index in [0.717, 1.165) is 31.1 Å². The molecule has 1 aliphatic heterocycles. The molecule has 2 aromatic heterocycles. The zero-order chi connectivity index (χ0) is 16.2. The number of nitrogens with zero attached hydrogens (tertiary/aromatic N) is 2. The molecule has 3 heterocycles. The van der Waals surface area contributed by atoms with Crippen molar-refractivity contribution in [2.24, 2.45) is 0 Å². The molecular weight excluding hydrogens is 326 g/mol. The van der Waals surface area contributed by atoms with Crippen LogP contribution in [0.4, 0.5) is 0 Å². The van der Waals surface area contributed by atoms with Gasteiger partial charge in [-0.3, -0.25) is 9.69 Å². The molecule has 1 aliphatic rings. The van der Waals surface area contributed by atoms with Crippen LogP contribution in [0.5, 0.6) is 0 Å². The summed E-state index contributed by atoms with van der Waals surface area (Å²) in [5.74, 6) is 0.0307. The van der Waals surface area contributed by atoms with Gasteiger partial charge < -0.3 is 10.2 Å². The molecule has 0 unspecified atom stereocenters. The fourth-order valence-electron chi connectivity index (χ4n) is 3.07. The molecule has 1 fully saturated rings. The maximum atomic E-state index is 12.4. The molecule has 1 N–H and O–H groups in total. The monoisotopic (exact) mass is 349 g/mol. The fraction of sp³-hybridized carbons (Fsp3) is 0.471. The second-order valence-corrected chi connectivity index (χ2v) is 7.97. The Hall–Kier alpha value is -1.21. The van der Waals surface area contributed by atoms with Crippen molar-refractivity contribution in [1.29, 1.82) is 0 Å². The Labute approximate surface area is 145 Å². The highest BCUT2D eigenvalue weighted by Gasteiger charge is 2.30. The van der Waals surface area contributed by atoms with Crippen LogP contribution in [0.15, 0.2) is 35.0 Å². The van der Waals surface area contributed by atoms with Gasteiger partial charge >= 0.3 is 0 Å². The van der Waals surface area contributed by atoms with E-state index in [-0.39, 0.29) is 18.0 Å². The van der Waals surface area contributed by atoms with Crippen LogP contribution >= 0.6 is 22.7 Å². The highest BCUT2D eigenvalue weighted by atomic mass is 32.1. The van der Waals surface area contributed by atoms with E-state index in [1.165, 1.54) is 16.2 Å². The van der Waals surface area contributed by atoms with Gasteiger partial charge in [0.2, 0.25) is 0 Å². The van der Waals surface area contributed by atoms with Gasteiger partial charge in [-0.1, -0.05) is 12.1 Å². The van der Waals surface area contributed by atoms with Crippen molar-refractivity contribution in [3.05, 3.63) is 44.8 Å². The van der Waals surface area contributed by atoms with E-state index < -0.39 is 0 Å². The predicted octanol–water partition coefficient (Wildman–Crippen LogP) is 2.92. The smallest absolute Gasteiger partial charge is 0.261 e. The molecular formula is C17H23N3OS2. The molecule has 1 saturated heterocycles. The summed E-state index contributed by atoms with van der Waals surface area (Å²) in [4.78, 5) is 19.4. The number of likely N-dealkylation sites (N-methyl/N-ethyl adjacent to an activating group) is 1. The van der Waals surface area contributed by atoms with E-state index in [0.29, 0.717) is 0 Å². The molecule has 1 amide bonds. The summed E-state index contributed by atoms with van der Waals surface area (Å²) in [6, 6.07) is 8.39. The van der Waals surface area contributed by atoms with E-state index in [1.807, 2.05) is 17.5 Å². The molecule has 0 aliphatic carbocycles. The van der Waals surface area contributed by atoms with Gasteiger partial charge in [0.25, 0.3) is 5.91 Å². The first kappa shape index (κ1) is 16.6. The first-order chi connectivity index (χ1) is 11.1. The lowest BCUT2D eigenvalue weighted by molar-refractivity contribution is 0.0802. The number of hydrogen-bond acceptors (Lipinski definition) is 5. The summed E-state index contributed by atoms with van der Waals surface area (Å²) < 4.78 is 0. The van der Waals surface area contributed by atoms with E-state index in [9.17, 15) is 4.79 Å². The Balaban J connectivity index is 1.74. The Morgan fingerprint density at radius 3 is 2.43 bits per heavy atom. The number of carbonyl (C=O) groups excluding carboxylic acids is 1. The van der Waals surface area contributed by atoms with Crippen LogP contribution < -0.4 is 5.32 Å². The molecule has 2 atom stereocenters. The SMILES string of the molecule is C[C@@H](NC(=O)c1cccs1)[C@@H](c1cccs1)N1CCN(C)CC1. The zero-order valence-corrected chi connectivity index (χ0v) is 15.2. The molecule has 23 heavy (non-hydrogen) atoms. The average molecular weight is 350 g/mol. The maximum Gasteiger partial charge on any atom is 0.261 e. The minimum Gasteiger partial charge on any atom is -0.347 e. The second-order valence-electron chi connectivity index (χ2n) is 6.04. The van der Waals surface area contributed by atoms with Gasteiger partial charge in [-0.05, 0) is 36.9 Å². The summed E-state index contributed by atoms with van der Waals surface area (Å²) in [5.41, 5.74) is 0. The first-order valence-corrected chi connectivity index (χ1v) is 9.71. The van der Waals surface area contributed by atoms with Crippen LogP contribution in [0.3, 0.4) is 0 Å². The van der Waals surface area contributed by atoms with Gasteiger partial charge in [-0.2, -0.15) is 0 Å². The lowest BCUT2D eigenvalue weighted by atomic mass is 10.0. The number of rotatable bonds is 5. The van der Waals surface area contributed by atoms with Crippen molar-refractivity contribution in [1.82, 2.24) is 15.1 Å². The fourth-order valence-corrected chi connectivity index (χ4v) is 4.66. The van der Waals surface area contributed by atoms with Gasteiger partial charge in [0.05, 0.1) is 10.9 Å². The second kappa shape index (κ2) is 7.57. The minimum atomic E-state index is 0.0307. The highest BCUT2D eigenvalue weighted by Crippen LogP contribution is 2.29. The molecule has 4 nitrogen and oxygen atoms in total. The molecule has 124 valence electrons. The Morgan fingerprint density at radius 1 is 1.13 bits per heavy atom. The molecule has 3 rings (SSSR count). The van der Waals surface area contributed by atoms with Gasteiger partial charge in [0.1, 0.15) is 0 Å². The third-order valence-electron chi connectivity index (χ3n) is 4.34. The summed E-state index contributed by atoms with van der Waals surface area (Å²) >= 11 is 3.26. The van der Waals surface area contributed by atoms with Crippen molar-refractivity contribution in [3.63, 3.8) is 0 Å². The predicted molar refractivity (Wildman–Crippen MR) is 97.4 cm³/mol. The van der Waals surface area contributed by atoms with E-state index in [4.69, 9.17) is 0 Å². The Morgan fingerprint density at radius 2 is 1.83 bits per heavy atom. The molecule has 0 radical (unpaired) electrons. The Bertz CT molecular complexity index is 604. The summed E-state index contributed by atoms with van der Waals surface area (Å²) in [6.07, 6.45) is 0. The maximum absolute atomic E-state index is 12.4. The van der Waals surface area contributed by atoms with Gasteiger partial charge in [0, 0.05) is 37.1 Å². The van der Waals surface area contributed by atoms with Gasteiger partial charge in [-0.15, -0.1) is 22.7 Å². The average Bonchev–Trinajstić information content (AvgIpc) is 3.22. The molecule has 0 bridgehead atoms. The standard InChI is InChI=1S/C17H23N3OS2/c1-13(18-17(21)15-6-4-12-23-15)16(14-5-3-11-22-14)20-9-7-19(2)8-10-20/h3-6,11-13,16H,7-10H2,1-2H3,(H,18,21)/t13-,16+/m1/s1. The third kappa shape index (κ3) is 4.01. The lowest BCUT2D eigenvalue weighted by Crippen LogP contribution is -2.51. The molecule has 0 aromatic carbocycles. The minimum absolute atomic E-state index is 0.0307. The molecule has 0 spiro atoms. The van der Waals surface area contributed by atoms with Crippen LogP contribution in [0, 0.1) is 0 Å². The van der Waals surface area contributed by atoms with Crippen molar-refractivity contribution in [3.8, 4) is 0 Å². The number of hydrogen-bond donors (Lipinski definition) is 1. The Kier molecular flexibility index (Phi) is 5.48. The quantitative estimate of drug-likeness (QED) is 0.901. The van der Waals surface area contributed by atoms with E-state index >= 15 is 0 Å². The molecule has 2 aromatic rings. The van der Waals surface area contributed by atoms with Crippen molar-refractivity contribution < 1.29 is 4.79 Å². The van der Waals surface area contributed by atoms with Crippen LogP contribution in [0.1, 0.15) is 27.5 Å². The topological polar surface area (TPSA) is 35.6 Å². The normalized spacial score (nSPS) is 19.4. The number of nitrogens with one attached hydrogen (secondary N) is 1. The van der Waals surface area contributed by atoms with E-state index in [2.05, 4.69) is 46.6 Å². The van der Waals surface area contributed by atoms with Gasteiger partial charge in [0.15, 0.2) is 0 Å². The molecule has 6 heteroatoms. The summed E-state index contributed by atoms with van der Waals surface area (Å²) in [7, 11) is 2.17. The largest absolute Gasteiger partial charge is 0.347 e. The highest BCUT2D eigenvalue weighted by molar-refractivity contribution is 7.12. The summed E-state index contributed by atoms with van der Waals surface area (Å²) in [6.45, 7) is 6.35. The van der Waals surface area contributed by atoms with Crippen molar-refractivity contribution in [2.45, 2.75) is 19.0 Å².